The van der Waals surface area contributed by atoms with Crippen LogP contribution >= 0.6 is 0 Å². The Kier molecular flexibility index (Phi) is 5.28. The molecule has 4 N–H and O–H groups in total. The summed E-state index contributed by atoms with van der Waals surface area (Å²) in [5.74, 6) is 3.18. The number of aromatic nitrogens is 3. The lowest BCUT2D eigenvalue weighted by atomic mass is 9.53. The van der Waals surface area contributed by atoms with E-state index >= 15 is 0 Å². The van der Waals surface area contributed by atoms with E-state index in [1.807, 2.05) is 0 Å². The number of H-pyrrole nitrogens is 1. The fourth-order valence-electron chi connectivity index (χ4n) is 6.58. The Labute approximate surface area is 177 Å². The number of hydrogen-bond donors (Lipinski definition) is 4. The summed E-state index contributed by atoms with van der Waals surface area (Å²) in [5.41, 5.74) is -0.00815. The first-order chi connectivity index (χ1) is 14.6. The van der Waals surface area contributed by atoms with Crippen molar-refractivity contribution in [2.24, 2.45) is 17.8 Å². The van der Waals surface area contributed by atoms with Crippen LogP contribution in [0.2, 0.25) is 0 Å². The van der Waals surface area contributed by atoms with E-state index in [0.29, 0.717) is 18.4 Å². The van der Waals surface area contributed by atoms with Crippen molar-refractivity contribution in [1.29, 1.82) is 0 Å². The highest BCUT2D eigenvalue weighted by molar-refractivity contribution is 5.89. The summed E-state index contributed by atoms with van der Waals surface area (Å²) in [7, 11) is 0. The SMILES string of the molecule is O=C(CCNC(=O)NC12CC3CC(CC(C3)C1)C2)Nc1nc(N2CCCCC2)n[nH]1. The normalized spacial score (nSPS) is 32.1. The van der Waals surface area contributed by atoms with Gasteiger partial charge in [-0.25, -0.2) is 9.89 Å². The van der Waals surface area contributed by atoms with Gasteiger partial charge in [0.15, 0.2) is 0 Å². The van der Waals surface area contributed by atoms with Crippen molar-refractivity contribution in [3.63, 3.8) is 0 Å². The van der Waals surface area contributed by atoms with Crippen LogP contribution < -0.4 is 20.9 Å². The second-order valence-electron chi connectivity index (χ2n) is 9.91. The Morgan fingerprint density at radius 1 is 1.03 bits per heavy atom. The van der Waals surface area contributed by atoms with E-state index in [1.54, 1.807) is 0 Å². The number of carbonyl (C=O) groups is 2. The van der Waals surface area contributed by atoms with Gasteiger partial charge in [-0.3, -0.25) is 10.1 Å². The van der Waals surface area contributed by atoms with Crippen LogP contribution in [0.15, 0.2) is 0 Å². The number of hydrogen-bond acceptors (Lipinski definition) is 5. The lowest BCUT2D eigenvalue weighted by Crippen LogP contribution is -2.61. The molecule has 5 fully saturated rings. The quantitative estimate of drug-likeness (QED) is 0.569. The molecule has 9 heteroatoms. The first kappa shape index (κ1) is 19.6. The van der Waals surface area contributed by atoms with E-state index < -0.39 is 0 Å². The maximum atomic E-state index is 12.5. The molecular formula is C21H33N7O2. The van der Waals surface area contributed by atoms with Gasteiger partial charge >= 0.3 is 6.03 Å². The van der Waals surface area contributed by atoms with Crippen LogP contribution in [-0.4, -0.2) is 52.3 Å². The van der Waals surface area contributed by atoms with Crippen molar-refractivity contribution in [3.8, 4) is 0 Å². The van der Waals surface area contributed by atoms with Gasteiger partial charge < -0.3 is 15.5 Å². The average Bonchev–Trinajstić information content (AvgIpc) is 3.15. The predicted octanol–water partition coefficient (Wildman–Crippen LogP) is 2.39. The molecule has 4 saturated carbocycles. The maximum Gasteiger partial charge on any atom is 0.315 e. The van der Waals surface area contributed by atoms with Gasteiger partial charge in [-0.05, 0) is 75.5 Å². The number of anilines is 2. The molecule has 1 aromatic heterocycles. The lowest BCUT2D eigenvalue weighted by Gasteiger charge is -2.56. The summed E-state index contributed by atoms with van der Waals surface area (Å²) in [5, 5.41) is 15.9. The molecule has 0 aromatic carbocycles. The fraction of sp³-hybridized carbons (Fsp3) is 0.810. The highest BCUT2D eigenvalue weighted by Gasteiger charge is 2.51. The zero-order valence-corrected chi connectivity index (χ0v) is 17.6. The highest BCUT2D eigenvalue weighted by Crippen LogP contribution is 2.55. The third-order valence-electron chi connectivity index (χ3n) is 7.42. The van der Waals surface area contributed by atoms with Crippen LogP contribution in [0, 0.1) is 17.8 Å². The summed E-state index contributed by atoms with van der Waals surface area (Å²) in [6, 6.07) is -0.142. The monoisotopic (exact) mass is 415 g/mol. The van der Waals surface area contributed by atoms with Gasteiger partial charge in [0.25, 0.3) is 0 Å². The minimum absolute atomic E-state index is 0.00815. The molecule has 1 aromatic rings. The van der Waals surface area contributed by atoms with Crippen LogP contribution in [0.1, 0.15) is 64.2 Å². The molecule has 164 valence electrons. The Balaban J connectivity index is 1.04. The van der Waals surface area contributed by atoms with Crippen molar-refractivity contribution in [3.05, 3.63) is 0 Å². The van der Waals surface area contributed by atoms with Crippen LogP contribution in [0.25, 0.3) is 0 Å². The molecule has 0 atom stereocenters. The Morgan fingerprint density at radius 3 is 2.37 bits per heavy atom. The zero-order chi connectivity index (χ0) is 20.6. The summed E-state index contributed by atoms with van der Waals surface area (Å²) in [4.78, 5) is 31.2. The van der Waals surface area contributed by atoms with Crippen molar-refractivity contribution >= 4 is 23.8 Å². The molecule has 0 unspecified atom stereocenters. The summed E-state index contributed by atoms with van der Waals surface area (Å²) < 4.78 is 0. The standard InChI is InChI=1S/C21H33N7O2/c29-17(23-18-24-19(27-26-18)28-6-2-1-3-7-28)4-5-22-20(30)25-21-11-14-8-15(12-21)10-16(9-14)13-21/h14-16H,1-13H2,(H2,22,25,30)(H2,23,24,26,27,29). The van der Waals surface area contributed by atoms with E-state index in [0.717, 1.165) is 62.9 Å². The summed E-state index contributed by atoms with van der Waals surface area (Å²) in [6.07, 6.45) is 11.2. The second-order valence-corrected chi connectivity index (χ2v) is 9.91. The first-order valence-corrected chi connectivity index (χ1v) is 11.6. The molecule has 9 nitrogen and oxygen atoms in total. The van der Waals surface area contributed by atoms with Crippen LogP contribution in [0.4, 0.5) is 16.7 Å². The van der Waals surface area contributed by atoms with Crippen molar-refractivity contribution in [2.75, 3.05) is 29.9 Å². The molecule has 2 heterocycles. The third kappa shape index (κ3) is 4.25. The van der Waals surface area contributed by atoms with Gasteiger partial charge in [0.1, 0.15) is 0 Å². The average molecular weight is 416 g/mol. The predicted molar refractivity (Wildman–Crippen MR) is 113 cm³/mol. The van der Waals surface area contributed by atoms with Crippen molar-refractivity contribution in [2.45, 2.75) is 69.7 Å². The smallest absolute Gasteiger partial charge is 0.315 e. The van der Waals surface area contributed by atoms with E-state index in [1.165, 1.54) is 25.7 Å². The zero-order valence-electron chi connectivity index (χ0n) is 17.6. The number of piperidine rings is 1. The minimum Gasteiger partial charge on any atom is -0.340 e. The molecule has 1 aliphatic heterocycles. The Hall–Kier alpha value is -2.32. The molecule has 1 saturated heterocycles. The van der Waals surface area contributed by atoms with E-state index in [2.05, 4.69) is 36.0 Å². The van der Waals surface area contributed by atoms with E-state index in [-0.39, 0.29) is 23.9 Å². The number of urea groups is 1. The first-order valence-electron chi connectivity index (χ1n) is 11.6. The summed E-state index contributed by atoms with van der Waals surface area (Å²) >= 11 is 0. The largest absolute Gasteiger partial charge is 0.340 e. The summed E-state index contributed by atoms with van der Waals surface area (Å²) in [6.45, 7) is 2.21. The van der Waals surface area contributed by atoms with Gasteiger partial charge in [-0.2, -0.15) is 4.98 Å². The van der Waals surface area contributed by atoms with Gasteiger partial charge in [0, 0.05) is 31.6 Å². The maximum absolute atomic E-state index is 12.5. The fourth-order valence-corrected chi connectivity index (χ4v) is 6.58. The van der Waals surface area contributed by atoms with Crippen LogP contribution in [0.3, 0.4) is 0 Å². The molecule has 6 rings (SSSR count). The molecule has 0 radical (unpaired) electrons. The molecule has 3 amide bonds. The van der Waals surface area contributed by atoms with Gasteiger partial charge in [-0.15, -0.1) is 5.10 Å². The molecule has 0 spiro atoms. The van der Waals surface area contributed by atoms with Gasteiger partial charge in [-0.1, -0.05) is 0 Å². The molecule has 4 bridgehead atoms. The second kappa shape index (κ2) is 8.07. The number of nitrogens with one attached hydrogen (secondary N) is 4. The minimum atomic E-state index is -0.188. The molecular weight excluding hydrogens is 382 g/mol. The molecule has 5 aliphatic rings. The van der Waals surface area contributed by atoms with Crippen LogP contribution in [-0.2, 0) is 4.79 Å². The number of nitrogens with zero attached hydrogens (tertiary/aromatic N) is 3. The van der Waals surface area contributed by atoms with Gasteiger partial charge in [0.05, 0.1) is 0 Å². The third-order valence-corrected chi connectivity index (χ3v) is 7.42. The van der Waals surface area contributed by atoms with Crippen LogP contribution in [0.5, 0.6) is 0 Å². The van der Waals surface area contributed by atoms with Gasteiger partial charge in [0.2, 0.25) is 17.8 Å². The van der Waals surface area contributed by atoms with Crippen molar-refractivity contribution < 1.29 is 9.59 Å². The molecule has 4 aliphatic carbocycles. The number of amides is 3. The highest BCUT2D eigenvalue weighted by atomic mass is 16.2. The van der Waals surface area contributed by atoms with E-state index in [4.69, 9.17) is 0 Å². The van der Waals surface area contributed by atoms with Crippen molar-refractivity contribution in [1.82, 2.24) is 25.8 Å². The topological polar surface area (TPSA) is 115 Å². The lowest BCUT2D eigenvalue weighted by molar-refractivity contribution is -0.116. The Morgan fingerprint density at radius 2 is 1.70 bits per heavy atom. The number of aromatic amines is 1. The number of carbonyl (C=O) groups excluding carboxylic acids is 2. The Bertz CT molecular complexity index is 751. The van der Waals surface area contributed by atoms with E-state index in [9.17, 15) is 9.59 Å². The number of rotatable bonds is 6. The molecule has 30 heavy (non-hydrogen) atoms.